The molecule has 3 aromatic carbocycles. The summed E-state index contributed by atoms with van der Waals surface area (Å²) in [7, 11) is -2.28. The average Bonchev–Trinajstić information content (AvgIpc) is 2.76. The SMILES string of the molecule is COc1ccc(CN(C(=O)c2ccc(-c3ccccc3)cc2)C(C)C)cc1OS(C)(=O)=O. The number of methoxy groups -OCH3 is 1. The third-order valence-electron chi connectivity index (χ3n) is 4.95. The fourth-order valence-electron chi connectivity index (χ4n) is 3.33. The van der Waals surface area contributed by atoms with E-state index in [4.69, 9.17) is 8.92 Å². The van der Waals surface area contributed by atoms with Crippen LogP contribution in [0.15, 0.2) is 72.8 Å². The van der Waals surface area contributed by atoms with Gasteiger partial charge in [0, 0.05) is 18.2 Å². The molecule has 0 aliphatic rings. The maximum absolute atomic E-state index is 13.2. The Labute approximate surface area is 189 Å². The van der Waals surface area contributed by atoms with E-state index < -0.39 is 10.1 Å². The Bertz CT molecular complexity index is 1170. The Balaban J connectivity index is 1.84. The molecule has 0 unspecified atom stereocenters. The van der Waals surface area contributed by atoms with Crippen LogP contribution in [0.2, 0.25) is 0 Å². The van der Waals surface area contributed by atoms with Crippen LogP contribution in [0.25, 0.3) is 11.1 Å². The summed E-state index contributed by atoms with van der Waals surface area (Å²) in [6.07, 6.45) is 0.974. The standard InChI is InChI=1S/C25H27NO5S/c1-18(2)26(17-19-10-15-23(30-3)24(16-19)31-32(4,28)29)25(27)22-13-11-21(12-14-22)20-8-6-5-7-9-20/h5-16,18H,17H2,1-4H3. The molecule has 7 heteroatoms. The molecule has 168 valence electrons. The molecule has 6 nitrogen and oxygen atoms in total. The molecular weight excluding hydrogens is 426 g/mol. The van der Waals surface area contributed by atoms with Crippen LogP contribution in [0.1, 0.15) is 29.8 Å². The minimum atomic E-state index is -3.72. The van der Waals surface area contributed by atoms with Gasteiger partial charge in [0.25, 0.3) is 5.91 Å². The zero-order valence-electron chi connectivity index (χ0n) is 18.6. The number of hydrogen-bond acceptors (Lipinski definition) is 5. The van der Waals surface area contributed by atoms with Crippen LogP contribution in [0.4, 0.5) is 0 Å². The van der Waals surface area contributed by atoms with Gasteiger partial charge < -0.3 is 13.8 Å². The number of carbonyl (C=O) groups is 1. The third kappa shape index (κ3) is 5.88. The van der Waals surface area contributed by atoms with E-state index in [1.54, 1.807) is 23.1 Å². The molecule has 0 aromatic heterocycles. The Morgan fingerprint density at radius 1 is 0.906 bits per heavy atom. The van der Waals surface area contributed by atoms with E-state index in [0.717, 1.165) is 22.9 Å². The lowest BCUT2D eigenvalue weighted by molar-refractivity contribution is 0.0690. The zero-order valence-corrected chi connectivity index (χ0v) is 19.4. The van der Waals surface area contributed by atoms with Gasteiger partial charge in [-0.15, -0.1) is 0 Å². The lowest BCUT2D eigenvalue weighted by atomic mass is 10.0. The molecule has 0 N–H and O–H groups in total. The molecule has 0 fully saturated rings. The van der Waals surface area contributed by atoms with Crippen LogP contribution in [0.3, 0.4) is 0 Å². The summed E-state index contributed by atoms with van der Waals surface area (Å²) in [5.74, 6) is 0.287. The molecule has 0 radical (unpaired) electrons. The predicted molar refractivity (Wildman–Crippen MR) is 125 cm³/mol. The number of nitrogens with zero attached hydrogens (tertiary/aromatic N) is 1. The molecule has 0 bridgehead atoms. The fourth-order valence-corrected chi connectivity index (χ4v) is 3.79. The molecule has 0 aliphatic heterocycles. The van der Waals surface area contributed by atoms with Crippen molar-refractivity contribution >= 4 is 16.0 Å². The average molecular weight is 454 g/mol. The number of amides is 1. The third-order valence-corrected chi connectivity index (χ3v) is 5.43. The van der Waals surface area contributed by atoms with E-state index in [-0.39, 0.29) is 17.7 Å². The van der Waals surface area contributed by atoms with Crippen LogP contribution in [-0.4, -0.2) is 38.6 Å². The Hall–Kier alpha value is -3.32. The summed E-state index contributed by atoms with van der Waals surface area (Å²) in [5, 5.41) is 0. The van der Waals surface area contributed by atoms with Gasteiger partial charge in [0.05, 0.1) is 13.4 Å². The van der Waals surface area contributed by atoms with Gasteiger partial charge in [0.15, 0.2) is 11.5 Å². The molecule has 3 rings (SSSR count). The van der Waals surface area contributed by atoms with Crippen molar-refractivity contribution in [2.24, 2.45) is 0 Å². The van der Waals surface area contributed by atoms with Gasteiger partial charge in [0.1, 0.15) is 0 Å². The lowest BCUT2D eigenvalue weighted by Gasteiger charge is -2.27. The highest BCUT2D eigenvalue weighted by atomic mass is 32.2. The van der Waals surface area contributed by atoms with Crippen LogP contribution >= 0.6 is 0 Å². The molecule has 0 saturated heterocycles. The second kappa shape index (κ2) is 9.87. The summed E-state index contributed by atoms with van der Waals surface area (Å²) in [6, 6.07) is 22.4. The van der Waals surface area contributed by atoms with Crippen LogP contribution < -0.4 is 8.92 Å². The smallest absolute Gasteiger partial charge is 0.306 e. The lowest BCUT2D eigenvalue weighted by Crippen LogP contribution is -2.36. The van der Waals surface area contributed by atoms with E-state index in [1.807, 2.05) is 68.4 Å². The van der Waals surface area contributed by atoms with Crippen molar-refractivity contribution in [2.45, 2.75) is 26.4 Å². The number of ether oxygens (including phenoxy) is 1. The van der Waals surface area contributed by atoms with Gasteiger partial charge in [-0.1, -0.05) is 48.5 Å². The second-order valence-electron chi connectivity index (χ2n) is 7.74. The van der Waals surface area contributed by atoms with Crippen molar-refractivity contribution in [2.75, 3.05) is 13.4 Å². The Kier molecular flexibility index (Phi) is 7.20. The monoisotopic (exact) mass is 453 g/mol. The first-order valence-corrected chi connectivity index (χ1v) is 12.0. The minimum absolute atomic E-state index is 0.0716. The molecule has 32 heavy (non-hydrogen) atoms. The maximum Gasteiger partial charge on any atom is 0.306 e. The molecule has 3 aromatic rings. The van der Waals surface area contributed by atoms with Crippen molar-refractivity contribution in [3.63, 3.8) is 0 Å². The van der Waals surface area contributed by atoms with Crippen molar-refractivity contribution in [1.82, 2.24) is 4.90 Å². The zero-order chi connectivity index (χ0) is 23.3. The summed E-state index contributed by atoms with van der Waals surface area (Å²) >= 11 is 0. The number of rotatable bonds is 8. The first-order valence-electron chi connectivity index (χ1n) is 10.2. The van der Waals surface area contributed by atoms with Crippen LogP contribution in [0.5, 0.6) is 11.5 Å². The highest BCUT2D eigenvalue weighted by Gasteiger charge is 2.21. The van der Waals surface area contributed by atoms with Gasteiger partial charge in [-0.05, 0) is 54.8 Å². The molecule has 0 saturated carbocycles. The summed E-state index contributed by atoms with van der Waals surface area (Å²) in [5.41, 5.74) is 3.44. The predicted octanol–water partition coefficient (Wildman–Crippen LogP) is 4.75. The van der Waals surface area contributed by atoms with Crippen molar-refractivity contribution in [3.05, 3.63) is 83.9 Å². The molecule has 1 amide bonds. The van der Waals surface area contributed by atoms with Crippen molar-refractivity contribution in [3.8, 4) is 22.6 Å². The Morgan fingerprint density at radius 2 is 1.53 bits per heavy atom. The van der Waals surface area contributed by atoms with Crippen molar-refractivity contribution in [1.29, 1.82) is 0 Å². The largest absolute Gasteiger partial charge is 0.493 e. The Morgan fingerprint density at radius 3 is 2.09 bits per heavy atom. The maximum atomic E-state index is 13.2. The number of carbonyl (C=O) groups excluding carboxylic acids is 1. The molecular formula is C25H27NO5S. The summed E-state index contributed by atoms with van der Waals surface area (Å²) < 4.78 is 33.4. The summed E-state index contributed by atoms with van der Waals surface area (Å²) in [6.45, 7) is 4.17. The molecule has 0 spiro atoms. The van der Waals surface area contributed by atoms with E-state index in [1.165, 1.54) is 7.11 Å². The molecule has 0 heterocycles. The van der Waals surface area contributed by atoms with Gasteiger partial charge in [-0.25, -0.2) is 0 Å². The van der Waals surface area contributed by atoms with Gasteiger partial charge in [0.2, 0.25) is 0 Å². The van der Waals surface area contributed by atoms with E-state index in [0.29, 0.717) is 17.9 Å². The molecule has 0 aliphatic carbocycles. The van der Waals surface area contributed by atoms with E-state index in [9.17, 15) is 13.2 Å². The van der Waals surface area contributed by atoms with Gasteiger partial charge in [-0.3, -0.25) is 4.79 Å². The van der Waals surface area contributed by atoms with Crippen molar-refractivity contribution < 1.29 is 22.1 Å². The summed E-state index contributed by atoms with van der Waals surface area (Å²) in [4.78, 5) is 15.0. The van der Waals surface area contributed by atoms with Gasteiger partial charge in [-0.2, -0.15) is 8.42 Å². The number of hydrogen-bond donors (Lipinski definition) is 0. The quantitative estimate of drug-likeness (QED) is 0.460. The normalized spacial score (nSPS) is 11.3. The highest BCUT2D eigenvalue weighted by Crippen LogP contribution is 2.30. The topological polar surface area (TPSA) is 72.9 Å². The van der Waals surface area contributed by atoms with Gasteiger partial charge >= 0.3 is 10.1 Å². The van der Waals surface area contributed by atoms with Crippen LogP contribution in [0, 0.1) is 0 Å². The van der Waals surface area contributed by atoms with E-state index in [2.05, 4.69) is 0 Å². The molecule has 0 atom stereocenters. The number of benzene rings is 3. The van der Waals surface area contributed by atoms with Crippen LogP contribution in [-0.2, 0) is 16.7 Å². The first-order chi connectivity index (χ1) is 15.2. The minimum Gasteiger partial charge on any atom is -0.493 e. The second-order valence-corrected chi connectivity index (χ2v) is 9.32. The highest BCUT2D eigenvalue weighted by molar-refractivity contribution is 7.86. The first kappa shape index (κ1) is 23.3. The fraction of sp³-hybridized carbons (Fsp3) is 0.240. The van der Waals surface area contributed by atoms with E-state index >= 15 is 0 Å².